The molecule has 0 N–H and O–H groups in total. The predicted octanol–water partition coefficient (Wildman–Crippen LogP) is 1.49. The Bertz CT molecular complexity index is 235. The first-order chi connectivity index (χ1) is 7.45. The molecule has 1 heterocycles. The van der Waals surface area contributed by atoms with Crippen molar-refractivity contribution in [2.24, 2.45) is 0 Å². The number of unbranched alkanes of at least 4 members (excludes halogenated alkanes) is 1. The van der Waals surface area contributed by atoms with Crippen LogP contribution in [0.5, 0.6) is 0 Å². The molecule has 0 saturated carbocycles. The Kier molecular flexibility index (Phi) is 4.58. The number of carbonyl (C=O) groups excluding carboxylic acids is 1. The Morgan fingerprint density at radius 3 is 2.19 bits per heavy atom. The molecule has 0 aliphatic carbocycles. The van der Waals surface area contributed by atoms with Crippen LogP contribution in [0.4, 0.5) is 13.2 Å². The van der Waals surface area contributed by atoms with Crippen LogP contribution in [0, 0.1) is 0 Å². The molecule has 1 rings (SSSR count). The summed E-state index contributed by atoms with van der Waals surface area (Å²) >= 11 is 0. The highest BCUT2D eigenvalue weighted by molar-refractivity contribution is 5.81. The van der Waals surface area contributed by atoms with Crippen LogP contribution in [0.15, 0.2) is 0 Å². The molecular weight excluding hydrogens is 221 g/mol. The van der Waals surface area contributed by atoms with E-state index in [2.05, 4.69) is 11.8 Å². The summed E-state index contributed by atoms with van der Waals surface area (Å²) in [4.78, 5) is 13.9. The summed E-state index contributed by atoms with van der Waals surface area (Å²) < 4.78 is 36.4. The highest BCUT2D eigenvalue weighted by Gasteiger charge is 2.42. The Morgan fingerprint density at radius 1 is 1.19 bits per heavy atom. The Hall–Kier alpha value is -0.780. The molecule has 3 nitrogen and oxygen atoms in total. The average Bonchev–Trinajstić information content (AvgIpc) is 2.25. The number of amides is 1. The molecule has 0 aromatic rings. The van der Waals surface area contributed by atoms with E-state index >= 15 is 0 Å². The zero-order chi connectivity index (χ0) is 12.2. The maximum atomic E-state index is 12.1. The minimum absolute atomic E-state index is 0.183. The van der Waals surface area contributed by atoms with E-state index in [0.29, 0.717) is 13.1 Å². The molecular formula is C10H17F3N2O. The lowest BCUT2D eigenvalue weighted by Crippen LogP contribution is -2.52. The van der Waals surface area contributed by atoms with Gasteiger partial charge in [-0.15, -0.1) is 0 Å². The van der Waals surface area contributed by atoms with Crippen LogP contribution < -0.4 is 0 Å². The number of piperazine rings is 1. The summed E-state index contributed by atoms with van der Waals surface area (Å²) in [5, 5.41) is 0. The molecule has 16 heavy (non-hydrogen) atoms. The minimum atomic E-state index is -4.73. The fraction of sp³-hybridized carbons (Fsp3) is 0.900. The molecule has 0 unspecified atom stereocenters. The fourth-order valence-electron chi connectivity index (χ4n) is 1.74. The summed E-state index contributed by atoms with van der Waals surface area (Å²) in [7, 11) is 0. The summed E-state index contributed by atoms with van der Waals surface area (Å²) in [5.74, 6) is -1.71. The third-order valence-electron chi connectivity index (χ3n) is 2.73. The summed E-state index contributed by atoms with van der Waals surface area (Å²) in [6.45, 7) is 4.43. The first-order valence-corrected chi connectivity index (χ1v) is 5.53. The SMILES string of the molecule is CCCCN1CCN(C(=O)C(F)(F)F)CC1. The smallest absolute Gasteiger partial charge is 0.332 e. The van der Waals surface area contributed by atoms with Crippen molar-refractivity contribution in [3.8, 4) is 0 Å². The zero-order valence-electron chi connectivity index (χ0n) is 9.39. The fourth-order valence-corrected chi connectivity index (χ4v) is 1.74. The van der Waals surface area contributed by atoms with E-state index in [1.54, 1.807) is 0 Å². The van der Waals surface area contributed by atoms with E-state index in [1.165, 1.54) is 0 Å². The van der Waals surface area contributed by atoms with E-state index in [4.69, 9.17) is 0 Å². The van der Waals surface area contributed by atoms with Crippen LogP contribution in [-0.2, 0) is 4.79 Å². The van der Waals surface area contributed by atoms with Gasteiger partial charge in [-0.3, -0.25) is 9.69 Å². The lowest BCUT2D eigenvalue weighted by molar-refractivity contribution is -0.187. The number of hydrogen-bond donors (Lipinski definition) is 0. The lowest BCUT2D eigenvalue weighted by Gasteiger charge is -2.34. The molecule has 0 spiro atoms. The van der Waals surface area contributed by atoms with Crippen molar-refractivity contribution in [1.82, 2.24) is 9.80 Å². The van der Waals surface area contributed by atoms with Crippen molar-refractivity contribution < 1.29 is 18.0 Å². The highest BCUT2D eigenvalue weighted by Crippen LogP contribution is 2.19. The first kappa shape index (κ1) is 13.3. The molecule has 0 bridgehead atoms. The standard InChI is InChI=1S/C10H17F3N2O/c1-2-3-4-14-5-7-15(8-6-14)9(16)10(11,12)13/h2-8H2,1H3. The number of halogens is 3. The van der Waals surface area contributed by atoms with E-state index < -0.39 is 12.1 Å². The lowest BCUT2D eigenvalue weighted by atomic mass is 10.2. The van der Waals surface area contributed by atoms with E-state index in [-0.39, 0.29) is 13.1 Å². The number of carbonyl (C=O) groups is 1. The summed E-state index contributed by atoms with van der Waals surface area (Å²) in [5.41, 5.74) is 0. The second-order valence-electron chi connectivity index (χ2n) is 3.99. The van der Waals surface area contributed by atoms with Gasteiger partial charge in [-0.1, -0.05) is 13.3 Å². The van der Waals surface area contributed by atoms with Gasteiger partial charge in [0, 0.05) is 26.2 Å². The van der Waals surface area contributed by atoms with Crippen molar-refractivity contribution in [2.75, 3.05) is 32.7 Å². The van der Waals surface area contributed by atoms with Gasteiger partial charge in [-0.2, -0.15) is 13.2 Å². The van der Waals surface area contributed by atoms with Crippen molar-refractivity contribution in [3.63, 3.8) is 0 Å². The number of hydrogen-bond acceptors (Lipinski definition) is 2. The van der Waals surface area contributed by atoms with E-state index in [1.807, 2.05) is 0 Å². The van der Waals surface area contributed by atoms with Crippen molar-refractivity contribution in [3.05, 3.63) is 0 Å². The monoisotopic (exact) mass is 238 g/mol. The third kappa shape index (κ3) is 3.66. The van der Waals surface area contributed by atoms with Crippen LogP contribution >= 0.6 is 0 Å². The maximum absolute atomic E-state index is 12.1. The van der Waals surface area contributed by atoms with Gasteiger partial charge in [0.1, 0.15) is 0 Å². The second kappa shape index (κ2) is 5.52. The zero-order valence-corrected chi connectivity index (χ0v) is 9.39. The molecule has 1 saturated heterocycles. The molecule has 6 heteroatoms. The van der Waals surface area contributed by atoms with Gasteiger partial charge in [0.05, 0.1) is 0 Å². The Morgan fingerprint density at radius 2 is 1.75 bits per heavy atom. The van der Waals surface area contributed by atoms with Crippen LogP contribution in [0.2, 0.25) is 0 Å². The molecule has 1 fully saturated rings. The van der Waals surface area contributed by atoms with Gasteiger partial charge in [0.15, 0.2) is 0 Å². The molecule has 1 amide bonds. The van der Waals surface area contributed by atoms with E-state index in [9.17, 15) is 18.0 Å². The van der Waals surface area contributed by atoms with Gasteiger partial charge >= 0.3 is 12.1 Å². The van der Waals surface area contributed by atoms with Gasteiger partial charge in [-0.25, -0.2) is 0 Å². The number of nitrogens with zero attached hydrogens (tertiary/aromatic N) is 2. The van der Waals surface area contributed by atoms with Crippen LogP contribution in [0.3, 0.4) is 0 Å². The van der Waals surface area contributed by atoms with Gasteiger partial charge in [-0.05, 0) is 13.0 Å². The maximum Gasteiger partial charge on any atom is 0.471 e. The van der Waals surface area contributed by atoms with Crippen LogP contribution in [0.1, 0.15) is 19.8 Å². The van der Waals surface area contributed by atoms with Gasteiger partial charge < -0.3 is 4.90 Å². The van der Waals surface area contributed by atoms with E-state index in [0.717, 1.165) is 24.3 Å². The average molecular weight is 238 g/mol. The largest absolute Gasteiger partial charge is 0.471 e. The molecule has 94 valence electrons. The first-order valence-electron chi connectivity index (χ1n) is 5.53. The van der Waals surface area contributed by atoms with Gasteiger partial charge in [0.25, 0.3) is 0 Å². The minimum Gasteiger partial charge on any atom is -0.332 e. The quantitative estimate of drug-likeness (QED) is 0.743. The summed E-state index contributed by atoms with van der Waals surface area (Å²) in [6.07, 6.45) is -2.61. The van der Waals surface area contributed by atoms with Crippen molar-refractivity contribution in [2.45, 2.75) is 25.9 Å². The number of alkyl halides is 3. The summed E-state index contributed by atoms with van der Waals surface area (Å²) in [6, 6.07) is 0. The Balaban J connectivity index is 2.34. The number of rotatable bonds is 3. The van der Waals surface area contributed by atoms with Crippen molar-refractivity contribution >= 4 is 5.91 Å². The third-order valence-corrected chi connectivity index (χ3v) is 2.73. The normalized spacial score (nSPS) is 18.9. The molecule has 0 atom stereocenters. The molecule has 0 aromatic carbocycles. The topological polar surface area (TPSA) is 23.6 Å². The highest BCUT2D eigenvalue weighted by atomic mass is 19.4. The molecule has 0 aromatic heterocycles. The molecule has 0 radical (unpaired) electrons. The molecule has 1 aliphatic rings. The predicted molar refractivity (Wildman–Crippen MR) is 54.0 cm³/mol. The van der Waals surface area contributed by atoms with Gasteiger partial charge in [0.2, 0.25) is 0 Å². The van der Waals surface area contributed by atoms with Crippen LogP contribution in [0.25, 0.3) is 0 Å². The molecule has 1 aliphatic heterocycles. The van der Waals surface area contributed by atoms with Crippen molar-refractivity contribution in [1.29, 1.82) is 0 Å². The Labute approximate surface area is 93.2 Å². The van der Waals surface area contributed by atoms with Crippen LogP contribution in [-0.4, -0.2) is 54.6 Å². The second-order valence-corrected chi connectivity index (χ2v) is 3.99.